The van der Waals surface area contributed by atoms with E-state index in [0.29, 0.717) is 71.9 Å². The van der Waals surface area contributed by atoms with Crippen molar-refractivity contribution in [3.05, 3.63) is 129 Å². The maximum absolute atomic E-state index is 14.4. The zero-order valence-corrected chi connectivity index (χ0v) is 42.9. The number of carbonyl (C=O) groups is 5. The number of ether oxygens (including phenoxy) is 1. The SMILES string of the molecule is C=C(CN1C(=O)CCC(N2Cc3cc(CNC(=O)Nc4ccc(C)c(Cl)c4)ccc3C2=O)C1=O)C(=O)N1CCN(c2nc(OC[C@@H]3CCCN3C)nc3c2CCN(c2cccc4cccc(Cl)c24)C3)C[C@@H]1CC#N. The van der Waals surface area contributed by atoms with Crippen molar-refractivity contribution in [3.8, 4) is 12.1 Å². The minimum absolute atomic E-state index is 0.00995. The number of nitrogens with one attached hydrogen (secondary N) is 2. The van der Waals surface area contributed by atoms with Gasteiger partial charge >= 0.3 is 12.0 Å². The molecule has 4 aromatic carbocycles. The van der Waals surface area contributed by atoms with Crippen LogP contribution in [-0.2, 0) is 40.4 Å². The van der Waals surface area contributed by atoms with Crippen LogP contribution in [0.4, 0.5) is 22.0 Å². The molecule has 2 N–H and O–H groups in total. The number of nitrogens with zero attached hydrogens (tertiary/aromatic N) is 9. The van der Waals surface area contributed by atoms with E-state index in [-0.39, 0.29) is 69.0 Å². The van der Waals surface area contributed by atoms with Crippen LogP contribution in [0.2, 0.25) is 10.0 Å². The molecular formula is C55H57Cl2N11O6. The number of fused-ring (bicyclic) bond motifs is 3. The van der Waals surface area contributed by atoms with Gasteiger partial charge in [-0.3, -0.25) is 24.1 Å². The van der Waals surface area contributed by atoms with Crippen molar-refractivity contribution in [2.24, 2.45) is 0 Å². The lowest BCUT2D eigenvalue weighted by Gasteiger charge is -2.43. The molecule has 5 aromatic rings. The van der Waals surface area contributed by atoms with Gasteiger partial charge in [0.05, 0.1) is 42.3 Å². The average molecular weight is 1040 g/mol. The number of rotatable bonds is 13. The van der Waals surface area contributed by atoms with Gasteiger partial charge in [0.1, 0.15) is 18.5 Å². The molecule has 1 unspecified atom stereocenters. The number of piperazine rings is 1. The monoisotopic (exact) mass is 1040 g/mol. The number of benzene rings is 4. The van der Waals surface area contributed by atoms with E-state index in [2.05, 4.69) is 63.2 Å². The van der Waals surface area contributed by atoms with Crippen LogP contribution in [-0.4, -0.2) is 130 Å². The molecule has 17 nitrogen and oxygen atoms in total. The van der Waals surface area contributed by atoms with Gasteiger partial charge in [0.15, 0.2) is 0 Å². The number of halogens is 2. The molecule has 1 aromatic heterocycles. The Kier molecular flexibility index (Phi) is 14.5. The molecule has 10 rings (SSSR count). The fourth-order valence-electron chi connectivity index (χ4n) is 10.9. The van der Waals surface area contributed by atoms with Gasteiger partial charge in [-0.2, -0.15) is 15.2 Å². The number of piperidine rings is 1. The summed E-state index contributed by atoms with van der Waals surface area (Å²) in [5.41, 5.74) is 6.16. The van der Waals surface area contributed by atoms with E-state index in [9.17, 15) is 29.2 Å². The summed E-state index contributed by atoms with van der Waals surface area (Å²) < 4.78 is 6.39. The van der Waals surface area contributed by atoms with E-state index in [1.807, 2.05) is 37.3 Å². The lowest BCUT2D eigenvalue weighted by molar-refractivity contribution is -0.151. The summed E-state index contributed by atoms with van der Waals surface area (Å²) in [4.78, 5) is 89.4. The number of nitriles is 1. The Balaban J connectivity index is 0.806. The third-order valence-corrected chi connectivity index (χ3v) is 15.8. The number of amides is 6. The number of aryl methyl sites for hydroxylation is 1. The van der Waals surface area contributed by atoms with Gasteiger partial charge < -0.3 is 39.9 Å². The van der Waals surface area contributed by atoms with E-state index in [4.69, 9.17) is 37.9 Å². The number of likely N-dealkylation sites (N-methyl/N-ethyl adjacent to an activating group) is 1. The number of hydrogen-bond donors (Lipinski definition) is 2. The molecule has 74 heavy (non-hydrogen) atoms. The quantitative estimate of drug-likeness (QED) is 0.0889. The first-order valence-corrected chi connectivity index (χ1v) is 25.8. The van der Waals surface area contributed by atoms with Crippen molar-refractivity contribution in [1.29, 1.82) is 5.26 Å². The Morgan fingerprint density at radius 3 is 2.51 bits per heavy atom. The molecule has 0 spiro atoms. The Bertz CT molecular complexity index is 3140. The Hall–Kier alpha value is -7.26. The van der Waals surface area contributed by atoms with Crippen molar-refractivity contribution in [3.63, 3.8) is 0 Å². The lowest BCUT2D eigenvalue weighted by Crippen LogP contribution is -2.58. The van der Waals surface area contributed by atoms with Crippen molar-refractivity contribution in [2.45, 2.75) is 83.2 Å². The highest BCUT2D eigenvalue weighted by Crippen LogP contribution is 2.38. The minimum Gasteiger partial charge on any atom is -0.462 e. The fourth-order valence-corrected chi connectivity index (χ4v) is 11.4. The molecule has 6 amide bonds. The standard InChI is InChI=1S/C55H57Cl2N11O6/c1-33-12-14-38(26-44(33)57)60-54(73)59-27-35-13-15-41-37(25-35)29-67(52(41)71)47-16-17-48(69)68(53(47)72)28-34(2)51(70)66-24-23-65(30-39(66)18-20-58)50-42-19-22-64(46-11-5-8-36-7-4-10-43(56)49(36)46)31-45(42)61-55(62-50)74-32-40-9-6-21-63(40)3/h4-5,7-8,10-15,25-26,39-40,47H,2,6,9,16-19,21-24,27-32H2,1,3H3,(H2,59,60,73)/t39-,40-,47?/m0/s1. The van der Waals surface area contributed by atoms with E-state index in [1.54, 1.807) is 29.2 Å². The second-order valence-corrected chi connectivity index (χ2v) is 20.6. The third kappa shape index (κ3) is 10.2. The maximum atomic E-state index is 14.4. The summed E-state index contributed by atoms with van der Waals surface area (Å²) in [6.07, 6.45) is 2.89. The maximum Gasteiger partial charge on any atom is 0.319 e. The van der Waals surface area contributed by atoms with Gasteiger partial charge in [0.25, 0.3) is 17.7 Å². The first kappa shape index (κ1) is 50.3. The number of anilines is 3. The summed E-state index contributed by atoms with van der Waals surface area (Å²) in [7, 11) is 2.10. The zero-order valence-electron chi connectivity index (χ0n) is 41.4. The zero-order chi connectivity index (χ0) is 51.8. The minimum atomic E-state index is -0.942. The molecule has 3 saturated heterocycles. The van der Waals surface area contributed by atoms with Gasteiger partial charge in [-0.25, -0.2) is 4.79 Å². The highest BCUT2D eigenvalue weighted by atomic mass is 35.5. The van der Waals surface area contributed by atoms with Gasteiger partial charge in [-0.15, -0.1) is 0 Å². The van der Waals surface area contributed by atoms with Gasteiger partial charge in [-0.05, 0) is 98.6 Å². The van der Waals surface area contributed by atoms with Crippen LogP contribution in [0.5, 0.6) is 6.01 Å². The summed E-state index contributed by atoms with van der Waals surface area (Å²) in [6, 6.07) is 23.4. The first-order chi connectivity index (χ1) is 35.7. The predicted octanol–water partition coefficient (Wildman–Crippen LogP) is 7.26. The lowest BCUT2D eigenvalue weighted by atomic mass is 10.00. The van der Waals surface area contributed by atoms with E-state index < -0.39 is 35.8 Å². The molecule has 3 atom stereocenters. The smallest absolute Gasteiger partial charge is 0.319 e. The Labute approximate surface area is 439 Å². The second-order valence-electron chi connectivity index (χ2n) is 19.8. The number of likely N-dealkylation sites (tertiary alicyclic amines) is 2. The number of carbonyl (C=O) groups excluding carboxylic acids is 5. The van der Waals surface area contributed by atoms with Crippen LogP contribution in [0.15, 0.2) is 84.9 Å². The summed E-state index contributed by atoms with van der Waals surface area (Å²) in [6.45, 7) is 9.42. The van der Waals surface area contributed by atoms with Crippen molar-refractivity contribution in [1.82, 2.24) is 34.9 Å². The molecule has 0 radical (unpaired) electrons. The molecule has 3 fully saturated rings. The fraction of sp³-hybridized carbons (Fsp3) is 0.382. The van der Waals surface area contributed by atoms with E-state index in [1.165, 1.54) is 4.90 Å². The molecule has 6 heterocycles. The van der Waals surface area contributed by atoms with Crippen LogP contribution >= 0.6 is 23.2 Å². The molecule has 5 aliphatic rings. The van der Waals surface area contributed by atoms with E-state index in [0.717, 1.165) is 63.1 Å². The van der Waals surface area contributed by atoms with Crippen LogP contribution in [0.1, 0.15) is 70.4 Å². The Morgan fingerprint density at radius 2 is 1.73 bits per heavy atom. The van der Waals surface area contributed by atoms with Crippen molar-refractivity contribution < 1.29 is 28.7 Å². The molecule has 382 valence electrons. The first-order valence-electron chi connectivity index (χ1n) is 25.1. The molecule has 0 bridgehead atoms. The highest BCUT2D eigenvalue weighted by molar-refractivity contribution is 6.36. The van der Waals surface area contributed by atoms with E-state index >= 15 is 0 Å². The van der Waals surface area contributed by atoms with Crippen LogP contribution in [0.25, 0.3) is 10.8 Å². The number of hydrogen-bond acceptors (Lipinski definition) is 12. The van der Waals surface area contributed by atoms with Gasteiger partial charge in [-0.1, -0.05) is 72.2 Å². The normalized spacial score (nSPS) is 19.9. The summed E-state index contributed by atoms with van der Waals surface area (Å²) in [5.74, 6) is -1.14. The number of urea groups is 1. The highest BCUT2D eigenvalue weighted by Gasteiger charge is 2.44. The van der Waals surface area contributed by atoms with Crippen LogP contribution in [0, 0.1) is 18.3 Å². The van der Waals surface area contributed by atoms with Gasteiger partial charge in [0, 0.05) is 90.2 Å². The van der Waals surface area contributed by atoms with Crippen LogP contribution < -0.4 is 25.2 Å². The third-order valence-electron chi connectivity index (χ3n) is 15.0. The predicted molar refractivity (Wildman–Crippen MR) is 282 cm³/mol. The number of imide groups is 1. The summed E-state index contributed by atoms with van der Waals surface area (Å²) >= 11 is 13.0. The topological polar surface area (TPSA) is 188 Å². The molecular weight excluding hydrogens is 982 g/mol. The average Bonchev–Trinajstić information content (AvgIpc) is 3.97. The molecule has 0 saturated carbocycles. The van der Waals surface area contributed by atoms with Gasteiger partial charge in [0.2, 0.25) is 5.91 Å². The molecule has 0 aliphatic carbocycles. The summed E-state index contributed by atoms with van der Waals surface area (Å²) in [5, 5.41) is 18.9. The van der Waals surface area contributed by atoms with Crippen LogP contribution in [0.3, 0.4) is 0 Å². The molecule has 5 aliphatic heterocycles. The molecule has 19 heteroatoms. The van der Waals surface area contributed by atoms with Crippen molar-refractivity contribution in [2.75, 3.05) is 68.0 Å². The Morgan fingerprint density at radius 1 is 0.905 bits per heavy atom. The van der Waals surface area contributed by atoms with Crippen molar-refractivity contribution >= 4 is 80.8 Å². The number of aromatic nitrogens is 2. The largest absolute Gasteiger partial charge is 0.462 e. The second kappa shape index (κ2) is 21.3.